The number of aromatic nitrogens is 1. The Morgan fingerprint density at radius 1 is 1.21 bits per heavy atom. The summed E-state index contributed by atoms with van der Waals surface area (Å²) < 4.78 is 44.9. The summed E-state index contributed by atoms with van der Waals surface area (Å²) in [5, 5.41) is 5.10. The molecule has 1 heterocycles. The molecule has 0 aliphatic carbocycles. The number of alkyl halides is 3. The zero-order valence-corrected chi connectivity index (χ0v) is 12.6. The molecule has 0 aliphatic rings. The van der Waals surface area contributed by atoms with E-state index >= 15 is 0 Å². The maximum Gasteiger partial charge on any atom is 0.573 e. The number of nitrogens with one attached hydrogen (secondary N) is 2. The Bertz CT molecular complexity index is 690. The van der Waals surface area contributed by atoms with Crippen molar-refractivity contribution in [2.24, 2.45) is 0 Å². The Hall–Kier alpha value is -2.97. The van der Waals surface area contributed by atoms with Crippen LogP contribution in [0.5, 0.6) is 11.6 Å². The zero-order valence-electron chi connectivity index (χ0n) is 12.6. The number of hydrogen-bond acceptors (Lipinski definition) is 4. The SMILES string of the molecule is COc1cc(CNC(=O)Nc2ccc(OC(F)(F)F)cc2)ccn1. The minimum absolute atomic E-state index is 0.236. The molecule has 0 saturated carbocycles. The molecule has 2 aromatic rings. The number of halogens is 3. The molecule has 6 nitrogen and oxygen atoms in total. The minimum atomic E-state index is -4.75. The van der Waals surface area contributed by atoms with Gasteiger partial charge in [-0.05, 0) is 35.9 Å². The molecule has 0 fully saturated rings. The fraction of sp³-hybridized carbons (Fsp3) is 0.200. The van der Waals surface area contributed by atoms with E-state index < -0.39 is 12.4 Å². The van der Waals surface area contributed by atoms with E-state index in [9.17, 15) is 18.0 Å². The van der Waals surface area contributed by atoms with Gasteiger partial charge in [-0.2, -0.15) is 0 Å². The molecular formula is C15H14F3N3O3. The van der Waals surface area contributed by atoms with Crippen LogP contribution in [0.4, 0.5) is 23.7 Å². The number of pyridine rings is 1. The van der Waals surface area contributed by atoms with Gasteiger partial charge in [-0.25, -0.2) is 9.78 Å². The van der Waals surface area contributed by atoms with E-state index in [1.807, 2.05) is 0 Å². The van der Waals surface area contributed by atoms with Gasteiger partial charge in [0, 0.05) is 24.5 Å². The lowest BCUT2D eigenvalue weighted by Gasteiger charge is -2.10. The van der Waals surface area contributed by atoms with Gasteiger partial charge in [-0.15, -0.1) is 13.2 Å². The number of amides is 2. The topological polar surface area (TPSA) is 72.5 Å². The van der Waals surface area contributed by atoms with Crippen LogP contribution in [0.2, 0.25) is 0 Å². The second kappa shape index (κ2) is 7.53. The molecule has 128 valence electrons. The third kappa shape index (κ3) is 5.67. The van der Waals surface area contributed by atoms with Crippen LogP contribution in [0.3, 0.4) is 0 Å². The first-order valence-corrected chi connectivity index (χ1v) is 6.75. The van der Waals surface area contributed by atoms with Gasteiger partial charge in [-0.1, -0.05) is 0 Å². The highest BCUT2D eigenvalue weighted by Gasteiger charge is 2.30. The van der Waals surface area contributed by atoms with Crippen molar-refractivity contribution < 1.29 is 27.4 Å². The third-order valence-corrected chi connectivity index (χ3v) is 2.81. The monoisotopic (exact) mass is 341 g/mol. The van der Waals surface area contributed by atoms with E-state index in [4.69, 9.17) is 4.74 Å². The number of anilines is 1. The van der Waals surface area contributed by atoms with Crippen molar-refractivity contribution in [1.82, 2.24) is 10.3 Å². The number of carbonyl (C=O) groups is 1. The Kier molecular flexibility index (Phi) is 5.46. The van der Waals surface area contributed by atoms with Crippen LogP contribution in [0.1, 0.15) is 5.56 Å². The van der Waals surface area contributed by atoms with Gasteiger partial charge in [0.15, 0.2) is 0 Å². The highest BCUT2D eigenvalue weighted by atomic mass is 19.4. The van der Waals surface area contributed by atoms with E-state index in [2.05, 4.69) is 20.4 Å². The van der Waals surface area contributed by atoms with Crippen LogP contribution in [0.15, 0.2) is 42.6 Å². The number of benzene rings is 1. The molecular weight excluding hydrogens is 327 g/mol. The lowest BCUT2D eigenvalue weighted by Crippen LogP contribution is -2.28. The average molecular weight is 341 g/mol. The molecule has 0 bridgehead atoms. The van der Waals surface area contributed by atoms with E-state index in [-0.39, 0.29) is 12.3 Å². The van der Waals surface area contributed by atoms with Crippen LogP contribution >= 0.6 is 0 Å². The molecule has 2 rings (SSSR count). The van der Waals surface area contributed by atoms with Gasteiger partial charge in [0.05, 0.1) is 7.11 Å². The molecule has 2 amide bonds. The molecule has 1 aromatic heterocycles. The highest BCUT2D eigenvalue weighted by molar-refractivity contribution is 5.89. The summed E-state index contributed by atoms with van der Waals surface area (Å²) in [5.41, 5.74) is 1.11. The summed E-state index contributed by atoms with van der Waals surface area (Å²) >= 11 is 0. The predicted molar refractivity (Wildman–Crippen MR) is 79.8 cm³/mol. The molecule has 0 radical (unpaired) electrons. The fourth-order valence-corrected chi connectivity index (χ4v) is 1.77. The number of urea groups is 1. The van der Waals surface area contributed by atoms with Gasteiger partial charge in [0.1, 0.15) is 5.75 Å². The summed E-state index contributed by atoms with van der Waals surface area (Å²) in [6.45, 7) is 0.236. The summed E-state index contributed by atoms with van der Waals surface area (Å²) in [4.78, 5) is 15.7. The molecule has 0 atom stereocenters. The zero-order chi connectivity index (χ0) is 17.6. The molecule has 0 unspecified atom stereocenters. The molecule has 2 N–H and O–H groups in total. The minimum Gasteiger partial charge on any atom is -0.481 e. The van der Waals surface area contributed by atoms with Gasteiger partial charge < -0.3 is 20.1 Å². The fourth-order valence-electron chi connectivity index (χ4n) is 1.77. The molecule has 24 heavy (non-hydrogen) atoms. The first-order chi connectivity index (χ1) is 11.4. The summed E-state index contributed by atoms with van der Waals surface area (Å²) in [5.74, 6) is 0.0623. The van der Waals surface area contributed by atoms with Crippen LogP contribution in [0.25, 0.3) is 0 Å². The van der Waals surface area contributed by atoms with Crippen molar-refractivity contribution in [2.45, 2.75) is 12.9 Å². The predicted octanol–water partition coefficient (Wildman–Crippen LogP) is 3.31. The van der Waals surface area contributed by atoms with Crippen LogP contribution < -0.4 is 20.1 Å². The third-order valence-electron chi connectivity index (χ3n) is 2.81. The standard InChI is InChI=1S/C15H14F3N3O3/c1-23-13-8-10(6-7-19-13)9-20-14(22)21-11-2-4-12(5-3-11)24-15(16,17)18/h2-8H,9H2,1H3,(H2,20,21,22). The molecule has 9 heteroatoms. The van der Waals surface area contributed by atoms with Crippen LogP contribution in [0, 0.1) is 0 Å². The number of ether oxygens (including phenoxy) is 2. The Balaban J connectivity index is 1.85. The van der Waals surface area contributed by atoms with Gasteiger partial charge in [0.2, 0.25) is 5.88 Å². The number of hydrogen-bond donors (Lipinski definition) is 2. The molecule has 0 spiro atoms. The highest BCUT2D eigenvalue weighted by Crippen LogP contribution is 2.23. The molecule has 0 saturated heterocycles. The van der Waals surface area contributed by atoms with Crippen molar-refractivity contribution in [3.63, 3.8) is 0 Å². The van der Waals surface area contributed by atoms with Gasteiger partial charge in [0.25, 0.3) is 0 Å². The summed E-state index contributed by atoms with van der Waals surface area (Å²) in [7, 11) is 1.48. The largest absolute Gasteiger partial charge is 0.573 e. The molecule has 0 aliphatic heterocycles. The molecule has 1 aromatic carbocycles. The number of nitrogens with zero attached hydrogens (tertiary/aromatic N) is 1. The Labute approximate surface area is 135 Å². The van der Waals surface area contributed by atoms with Crippen molar-refractivity contribution in [2.75, 3.05) is 12.4 Å². The van der Waals surface area contributed by atoms with E-state index in [0.717, 1.165) is 17.7 Å². The second-order valence-corrected chi connectivity index (χ2v) is 4.59. The van der Waals surface area contributed by atoms with Crippen molar-refractivity contribution in [1.29, 1.82) is 0 Å². The van der Waals surface area contributed by atoms with Crippen molar-refractivity contribution in [3.05, 3.63) is 48.2 Å². The van der Waals surface area contributed by atoms with Gasteiger partial charge in [-0.3, -0.25) is 0 Å². The van der Waals surface area contributed by atoms with E-state index in [0.29, 0.717) is 11.6 Å². The van der Waals surface area contributed by atoms with E-state index in [1.165, 1.54) is 19.2 Å². The Morgan fingerprint density at radius 2 is 1.92 bits per heavy atom. The average Bonchev–Trinajstić information content (AvgIpc) is 2.54. The number of rotatable bonds is 5. The Morgan fingerprint density at radius 3 is 2.54 bits per heavy atom. The van der Waals surface area contributed by atoms with Crippen LogP contribution in [-0.4, -0.2) is 24.5 Å². The summed E-state index contributed by atoms with van der Waals surface area (Å²) in [6, 6.07) is 7.70. The quantitative estimate of drug-likeness (QED) is 0.875. The maximum atomic E-state index is 12.1. The maximum absolute atomic E-state index is 12.1. The second-order valence-electron chi connectivity index (χ2n) is 4.59. The first-order valence-electron chi connectivity index (χ1n) is 6.75. The van der Waals surface area contributed by atoms with Crippen molar-refractivity contribution >= 4 is 11.7 Å². The smallest absolute Gasteiger partial charge is 0.481 e. The van der Waals surface area contributed by atoms with Gasteiger partial charge >= 0.3 is 12.4 Å². The number of carbonyl (C=O) groups excluding carboxylic acids is 1. The first kappa shape index (κ1) is 17.4. The van der Waals surface area contributed by atoms with Crippen LogP contribution in [-0.2, 0) is 6.54 Å². The number of methoxy groups -OCH3 is 1. The van der Waals surface area contributed by atoms with E-state index in [1.54, 1.807) is 18.3 Å². The normalized spacial score (nSPS) is 10.8. The lowest BCUT2D eigenvalue weighted by atomic mass is 10.2. The lowest BCUT2D eigenvalue weighted by molar-refractivity contribution is -0.274. The van der Waals surface area contributed by atoms with Crippen molar-refractivity contribution in [3.8, 4) is 11.6 Å². The summed E-state index contributed by atoms with van der Waals surface area (Å²) in [6.07, 6.45) is -3.20.